The molecule has 7 heteroatoms. The van der Waals surface area contributed by atoms with Gasteiger partial charge in [0.05, 0.1) is 4.90 Å². The Morgan fingerprint density at radius 3 is 2.42 bits per heavy atom. The molecule has 0 atom stereocenters. The van der Waals surface area contributed by atoms with Crippen LogP contribution in [0, 0.1) is 0 Å². The number of hydrogen-bond acceptors (Lipinski definition) is 5. The molecule has 3 rings (SSSR count). The molecular formula is C19H19ClN2O3S. The summed E-state index contributed by atoms with van der Waals surface area (Å²) in [6, 6.07) is 15.2. The predicted octanol–water partition coefficient (Wildman–Crippen LogP) is 5.04. The summed E-state index contributed by atoms with van der Waals surface area (Å²) in [6.45, 7) is 2.66. The number of unbranched alkanes of at least 4 members (excludes halogenated alkanes) is 1. The van der Waals surface area contributed by atoms with Crippen molar-refractivity contribution in [3.8, 4) is 11.5 Å². The summed E-state index contributed by atoms with van der Waals surface area (Å²) in [5.74, 6) is 0.421. The number of benzene rings is 2. The molecule has 3 aromatic rings. The van der Waals surface area contributed by atoms with E-state index < -0.39 is 9.84 Å². The summed E-state index contributed by atoms with van der Waals surface area (Å²) in [7, 11) is -3.84. The number of aromatic nitrogens is 1. The van der Waals surface area contributed by atoms with Crippen LogP contribution in [0.5, 0.6) is 0 Å². The lowest BCUT2D eigenvalue weighted by atomic mass is 10.2. The average molecular weight is 391 g/mol. The van der Waals surface area contributed by atoms with Crippen molar-refractivity contribution in [3.63, 3.8) is 0 Å². The van der Waals surface area contributed by atoms with E-state index in [0.29, 0.717) is 17.1 Å². The Morgan fingerprint density at radius 1 is 1.08 bits per heavy atom. The molecule has 26 heavy (non-hydrogen) atoms. The van der Waals surface area contributed by atoms with Gasteiger partial charge in [-0.3, -0.25) is 0 Å². The number of sulfone groups is 1. The standard InChI is InChI=1S/C19H19ClN2O3S/c1-2-3-13-21-18-19(22-17(25-18)14-7-5-4-6-8-14)26(23,24)16-11-9-15(20)10-12-16/h4-12,21H,2-3,13H2,1H3. The molecule has 0 amide bonds. The Balaban J connectivity index is 2.06. The molecule has 1 N–H and O–H groups in total. The Hall–Kier alpha value is -2.31. The molecule has 0 aliphatic rings. The summed E-state index contributed by atoms with van der Waals surface area (Å²) >= 11 is 5.87. The number of nitrogens with zero attached hydrogens (tertiary/aromatic N) is 1. The summed E-state index contributed by atoms with van der Waals surface area (Å²) in [5, 5.41) is 3.41. The minimum Gasteiger partial charge on any atom is -0.419 e. The van der Waals surface area contributed by atoms with Crippen molar-refractivity contribution >= 4 is 27.3 Å². The van der Waals surface area contributed by atoms with Gasteiger partial charge in [0.2, 0.25) is 26.6 Å². The number of anilines is 1. The van der Waals surface area contributed by atoms with Crippen molar-refractivity contribution in [2.45, 2.75) is 29.7 Å². The van der Waals surface area contributed by atoms with E-state index in [9.17, 15) is 8.42 Å². The number of oxazole rings is 1. The third-order valence-corrected chi connectivity index (χ3v) is 5.74. The van der Waals surface area contributed by atoms with Gasteiger partial charge < -0.3 is 9.73 Å². The lowest BCUT2D eigenvalue weighted by Crippen LogP contribution is -2.08. The van der Waals surface area contributed by atoms with Crippen LogP contribution in [0.25, 0.3) is 11.5 Å². The van der Waals surface area contributed by atoms with Crippen LogP contribution < -0.4 is 5.32 Å². The van der Waals surface area contributed by atoms with E-state index in [0.717, 1.165) is 12.8 Å². The molecule has 0 fully saturated rings. The van der Waals surface area contributed by atoms with Crippen molar-refractivity contribution in [2.75, 3.05) is 11.9 Å². The molecule has 0 saturated heterocycles. The molecule has 1 aromatic heterocycles. The average Bonchev–Trinajstić information content (AvgIpc) is 3.08. The first-order valence-corrected chi connectivity index (χ1v) is 10.2. The Bertz CT molecular complexity index is 968. The monoisotopic (exact) mass is 390 g/mol. The molecule has 0 saturated carbocycles. The van der Waals surface area contributed by atoms with Gasteiger partial charge in [0.25, 0.3) is 0 Å². The van der Waals surface area contributed by atoms with Crippen molar-refractivity contribution < 1.29 is 12.8 Å². The first kappa shape index (κ1) is 18.5. The van der Waals surface area contributed by atoms with E-state index in [1.54, 1.807) is 0 Å². The molecule has 0 unspecified atom stereocenters. The first-order chi connectivity index (χ1) is 12.5. The van der Waals surface area contributed by atoms with Crippen LogP contribution in [0.15, 0.2) is 68.9 Å². The zero-order chi connectivity index (χ0) is 18.6. The molecule has 2 aromatic carbocycles. The highest BCUT2D eigenvalue weighted by Crippen LogP contribution is 2.32. The highest BCUT2D eigenvalue weighted by Gasteiger charge is 2.28. The minimum absolute atomic E-state index is 0.116. The van der Waals surface area contributed by atoms with Crippen molar-refractivity contribution in [1.29, 1.82) is 0 Å². The number of halogens is 1. The second-order valence-electron chi connectivity index (χ2n) is 5.76. The number of rotatable bonds is 7. The second kappa shape index (κ2) is 7.93. The maximum Gasteiger partial charge on any atom is 0.233 e. The highest BCUT2D eigenvalue weighted by molar-refractivity contribution is 7.91. The van der Waals surface area contributed by atoms with E-state index in [1.165, 1.54) is 24.3 Å². The van der Waals surface area contributed by atoms with Gasteiger partial charge in [-0.15, -0.1) is 0 Å². The largest absolute Gasteiger partial charge is 0.419 e. The van der Waals surface area contributed by atoms with E-state index in [1.807, 2.05) is 30.3 Å². The normalized spacial score (nSPS) is 11.5. The predicted molar refractivity (Wildman–Crippen MR) is 102 cm³/mol. The van der Waals surface area contributed by atoms with Crippen LogP contribution in [0.4, 0.5) is 5.88 Å². The van der Waals surface area contributed by atoms with Crippen molar-refractivity contribution in [1.82, 2.24) is 4.98 Å². The number of nitrogens with one attached hydrogen (secondary N) is 1. The molecule has 0 aliphatic heterocycles. The van der Waals surface area contributed by atoms with Gasteiger partial charge in [0, 0.05) is 17.1 Å². The summed E-state index contributed by atoms with van der Waals surface area (Å²) in [6.07, 6.45) is 1.87. The van der Waals surface area contributed by atoms with Gasteiger partial charge in [-0.2, -0.15) is 4.98 Å². The van der Waals surface area contributed by atoms with Crippen molar-refractivity contribution in [3.05, 3.63) is 59.6 Å². The molecule has 0 spiro atoms. The topological polar surface area (TPSA) is 72.2 Å². The maximum absolute atomic E-state index is 13.0. The van der Waals surface area contributed by atoms with Crippen molar-refractivity contribution in [2.24, 2.45) is 0 Å². The van der Waals surface area contributed by atoms with Crippen LogP contribution in [-0.4, -0.2) is 19.9 Å². The lowest BCUT2D eigenvalue weighted by molar-refractivity contribution is 0.575. The van der Waals surface area contributed by atoms with E-state index in [2.05, 4.69) is 17.2 Å². The van der Waals surface area contributed by atoms with Gasteiger partial charge in [0.1, 0.15) is 0 Å². The SMILES string of the molecule is CCCCNc1oc(-c2ccccc2)nc1S(=O)(=O)c1ccc(Cl)cc1. The van der Waals surface area contributed by atoms with E-state index >= 15 is 0 Å². The van der Waals surface area contributed by atoms with E-state index in [-0.39, 0.29) is 21.7 Å². The van der Waals surface area contributed by atoms with Crippen LogP contribution in [0.1, 0.15) is 19.8 Å². The van der Waals surface area contributed by atoms with Gasteiger partial charge in [-0.25, -0.2) is 8.42 Å². The number of hydrogen-bond donors (Lipinski definition) is 1. The van der Waals surface area contributed by atoms with Crippen LogP contribution in [0.3, 0.4) is 0 Å². The zero-order valence-corrected chi connectivity index (χ0v) is 15.8. The van der Waals surface area contributed by atoms with Crippen LogP contribution >= 0.6 is 11.6 Å². The van der Waals surface area contributed by atoms with Gasteiger partial charge in [-0.1, -0.05) is 43.1 Å². The fraction of sp³-hybridized carbons (Fsp3) is 0.211. The molecule has 0 bridgehead atoms. The molecule has 0 radical (unpaired) electrons. The van der Waals surface area contributed by atoms with Gasteiger partial charge >= 0.3 is 0 Å². The van der Waals surface area contributed by atoms with Gasteiger partial charge in [0.15, 0.2) is 0 Å². The molecule has 0 aliphatic carbocycles. The van der Waals surface area contributed by atoms with Gasteiger partial charge in [-0.05, 0) is 42.8 Å². The third kappa shape index (κ3) is 3.92. The minimum atomic E-state index is -3.84. The zero-order valence-electron chi connectivity index (χ0n) is 14.3. The Morgan fingerprint density at radius 2 is 1.77 bits per heavy atom. The Kier molecular flexibility index (Phi) is 5.64. The Labute approximate surface area is 157 Å². The third-order valence-electron chi connectivity index (χ3n) is 3.81. The van der Waals surface area contributed by atoms with E-state index in [4.69, 9.17) is 16.0 Å². The fourth-order valence-corrected chi connectivity index (χ4v) is 3.81. The molecular weight excluding hydrogens is 372 g/mol. The smallest absolute Gasteiger partial charge is 0.233 e. The maximum atomic E-state index is 13.0. The van der Waals surface area contributed by atoms with Crippen LogP contribution in [0.2, 0.25) is 5.02 Å². The molecule has 136 valence electrons. The quantitative estimate of drug-likeness (QED) is 0.572. The highest BCUT2D eigenvalue weighted by atomic mass is 35.5. The first-order valence-electron chi connectivity index (χ1n) is 8.33. The fourth-order valence-electron chi connectivity index (χ4n) is 2.41. The summed E-state index contributed by atoms with van der Waals surface area (Å²) in [5.41, 5.74) is 0.712. The summed E-state index contributed by atoms with van der Waals surface area (Å²) in [4.78, 5) is 4.40. The molecule has 1 heterocycles. The lowest BCUT2D eigenvalue weighted by Gasteiger charge is -2.05. The molecule has 5 nitrogen and oxygen atoms in total. The second-order valence-corrected chi connectivity index (χ2v) is 8.06. The summed E-state index contributed by atoms with van der Waals surface area (Å²) < 4.78 is 31.8. The van der Waals surface area contributed by atoms with Crippen LogP contribution in [-0.2, 0) is 9.84 Å².